The zero-order chi connectivity index (χ0) is 13.5. The van der Waals surface area contributed by atoms with Crippen molar-refractivity contribution in [1.29, 1.82) is 0 Å². The summed E-state index contributed by atoms with van der Waals surface area (Å²) in [6.45, 7) is 7.04. The molecule has 3 atom stereocenters. The fraction of sp³-hybridized carbons (Fsp3) is 0.600. The van der Waals surface area contributed by atoms with E-state index in [9.17, 15) is 5.11 Å². The van der Waals surface area contributed by atoms with Crippen LogP contribution in [0.25, 0.3) is 0 Å². The smallest absolute Gasteiger partial charge is 0.0681 e. The van der Waals surface area contributed by atoms with E-state index in [0.717, 1.165) is 18.5 Å². The number of hydrogen-bond donors (Lipinski definition) is 3. The number of hydrogen-bond acceptors (Lipinski definition) is 3. The van der Waals surface area contributed by atoms with Gasteiger partial charge in [-0.15, -0.1) is 0 Å². The first-order valence-electron chi connectivity index (χ1n) is 6.64. The summed E-state index contributed by atoms with van der Waals surface area (Å²) >= 11 is 0. The van der Waals surface area contributed by atoms with Crippen molar-refractivity contribution in [3.8, 4) is 0 Å². The average molecular weight is 251 g/mol. The molecule has 0 amide bonds. The number of rotatable bonds is 7. The van der Waals surface area contributed by atoms with Gasteiger partial charge in [0.2, 0.25) is 0 Å². The van der Waals surface area contributed by atoms with Gasteiger partial charge in [-0.3, -0.25) is 0 Å². The SMILES string of the molecule is CC(O)CC(C)CNC(C)c1cccc(CO)c1. The summed E-state index contributed by atoms with van der Waals surface area (Å²) in [7, 11) is 0. The second-order valence-electron chi connectivity index (χ2n) is 5.22. The molecule has 102 valence electrons. The van der Waals surface area contributed by atoms with Crippen LogP contribution in [-0.4, -0.2) is 22.9 Å². The van der Waals surface area contributed by atoms with E-state index in [1.54, 1.807) is 0 Å². The van der Waals surface area contributed by atoms with Crippen LogP contribution >= 0.6 is 0 Å². The lowest BCUT2D eigenvalue weighted by Gasteiger charge is -2.19. The molecule has 0 fully saturated rings. The minimum Gasteiger partial charge on any atom is -0.393 e. The highest BCUT2D eigenvalue weighted by Gasteiger charge is 2.09. The van der Waals surface area contributed by atoms with Crippen molar-refractivity contribution in [1.82, 2.24) is 5.32 Å². The van der Waals surface area contributed by atoms with Crippen LogP contribution < -0.4 is 5.32 Å². The van der Waals surface area contributed by atoms with Gasteiger partial charge in [-0.1, -0.05) is 31.2 Å². The van der Waals surface area contributed by atoms with E-state index in [1.807, 2.05) is 25.1 Å². The van der Waals surface area contributed by atoms with Crippen LogP contribution in [0.4, 0.5) is 0 Å². The van der Waals surface area contributed by atoms with Gasteiger partial charge in [0, 0.05) is 6.04 Å². The predicted molar refractivity (Wildman–Crippen MR) is 74.2 cm³/mol. The Morgan fingerprint density at radius 1 is 1.22 bits per heavy atom. The number of benzene rings is 1. The van der Waals surface area contributed by atoms with E-state index in [2.05, 4.69) is 25.2 Å². The fourth-order valence-electron chi connectivity index (χ4n) is 2.12. The van der Waals surface area contributed by atoms with Crippen molar-refractivity contribution in [3.63, 3.8) is 0 Å². The monoisotopic (exact) mass is 251 g/mol. The van der Waals surface area contributed by atoms with Crippen molar-refractivity contribution in [3.05, 3.63) is 35.4 Å². The summed E-state index contributed by atoms with van der Waals surface area (Å²) < 4.78 is 0. The van der Waals surface area contributed by atoms with Crippen LogP contribution in [0.5, 0.6) is 0 Å². The van der Waals surface area contributed by atoms with Gasteiger partial charge < -0.3 is 15.5 Å². The van der Waals surface area contributed by atoms with Crippen LogP contribution in [-0.2, 0) is 6.61 Å². The summed E-state index contributed by atoms with van der Waals surface area (Å²) in [5.41, 5.74) is 2.13. The number of nitrogens with one attached hydrogen (secondary N) is 1. The van der Waals surface area contributed by atoms with Crippen LogP contribution in [0.1, 0.15) is 44.4 Å². The fourth-order valence-corrected chi connectivity index (χ4v) is 2.12. The Hall–Kier alpha value is -0.900. The van der Waals surface area contributed by atoms with Crippen molar-refractivity contribution in [2.75, 3.05) is 6.54 Å². The molecule has 0 spiro atoms. The highest BCUT2D eigenvalue weighted by Crippen LogP contribution is 2.15. The number of aliphatic hydroxyl groups excluding tert-OH is 2. The minimum absolute atomic E-state index is 0.0823. The first-order chi connectivity index (χ1) is 8.52. The summed E-state index contributed by atoms with van der Waals surface area (Å²) in [5, 5.41) is 21.9. The van der Waals surface area contributed by atoms with Crippen LogP contribution in [0, 0.1) is 5.92 Å². The third-order valence-electron chi connectivity index (χ3n) is 3.15. The normalized spacial score (nSPS) is 16.3. The molecule has 3 nitrogen and oxygen atoms in total. The lowest BCUT2D eigenvalue weighted by Crippen LogP contribution is -2.26. The first kappa shape index (κ1) is 15.2. The maximum Gasteiger partial charge on any atom is 0.0681 e. The van der Waals surface area contributed by atoms with Crippen LogP contribution in [0.15, 0.2) is 24.3 Å². The molecule has 18 heavy (non-hydrogen) atoms. The Bertz CT molecular complexity index is 352. The Balaban J connectivity index is 2.46. The van der Waals surface area contributed by atoms with Crippen molar-refractivity contribution >= 4 is 0 Å². The highest BCUT2D eigenvalue weighted by molar-refractivity contribution is 5.25. The molecule has 1 aromatic rings. The standard InChI is InChI=1S/C15H25NO2/c1-11(7-12(2)18)9-16-13(3)15-6-4-5-14(8-15)10-17/h4-6,8,11-13,16-18H,7,9-10H2,1-3H3. The van der Waals surface area contributed by atoms with E-state index in [1.165, 1.54) is 5.56 Å². The van der Waals surface area contributed by atoms with E-state index in [0.29, 0.717) is 5.92 Å². The topological polar surface area (TPSA) is 52.5 Å². The second-order valence-corrected chi connectivity index (χ2v) is 5.22. The molecule has 0 radical (unpaired) electrons. The molecule has 0 aliphatic rings. The van der Waals surface area contributed by atoms with Gasteiger partial charge in [0.25, 0.3) is 0 Å². The Morgan fingerprint density at radius 2 is 1.94 bits per heavy atom. The van der Waals surface area contributed by atoms with Gasteiger partial charge >= 0.3 is 0 Å². The van der Waals surface area contributed by atoms with E-state index >= 15 is 0 Å². The molecule has 0 heterocycles. The molecule has 0 aliphatic carbocycles. The van der Waals surface area contributed by atoms with Gasteiger partial charge in [0.15, 0.2) is 0 Å². The van der Waals surface area contributed by atoms with E-state index in [-0.39, 0.29) is 18.8 Å². The van der Waals surface area contributed by atoms with Crippen LogP contribution in [0.3, 0.4) is 0 Å². The van der Waals surface area contributed by atoms with Gasteiger partial charge in [-0.25, -0.2) is 0 Å². The third-order valence-corrected chi connectivity index (χ3v) is 3.15. The maximum absolute atomic E-state index is 9.32. The Morgan fingerprint density at radius 3 is 2.56 bits per heavy atom. The van der Waals surface area contributed by atoms with E-state index in [4.69, 9.17) is 5.11 Å². The quantitative estimate of drug-likeness (QED) is 0.696. The molecule has 3 unspecified atom stereocenters. The largest absolute Gasteiger partial charge is 0.393 e. The Labute approximate surface area is 110 Å². The summed E-state index contributed by atoms with van der Waals surface area (Å²) in [4.78, 5) is 0. The lowest BCUT2D eigenvalue weighted by atomic mass is 10.0. The van der Waals surface area contributed by atoms with Crippen molar-refractivity contribution < 1.29 is 10.2 Å². The van der Waals surface area contributed by atoms with Crippen LogP contribution in [0.2, 0.25) is 0 Å². The third kappa shape index (κ3) is 5.17. The van der Waals surface area contributed by atoms with E-state index < -0.39 is 0 Å². The Kier molecular flexibility index (Phi) is 6.33. The second kappa shape index (κ2) is 7.52. The molecule has 1 aromatic carbocycles. The summed E-state index contributed by atoms with van der Waals surface area (Å²) in [5.74, 6) is 0.452. The van der Waals surface area contributed by atoms with Gasteiger partial charge in [-0.05, 0) is 43.9 Å². The molecular formula is C15H25NO2. The molecule has 3 N–H and O–H groups in total. The van der Waals surface area contributed by atoms with Gasteiger partial charge in [0.1, 0.15) is 0 Å². The molecule has 0 bridgehead atoms. The van der Waals surface area contributed by atoms with Gasteiger partial charge in [-0.2, -0.15) is 0 Å². The summed E-state index contributed by atoms with van der Waals surface area (Å²) in [6, 6.07) is 8.24. The van der Waals surface area contributed by atoms with Crippen molar-refractivity contribution in [2.45, 2.75) is 45.9 Å². The zero-order valence-corrected chi connectivity index (χ0v) is 11.6. The minimum atomic E-state index is -0.241. The molecular weight excluding hydrogens is 226 g/mol. The molecule has 3 heteroatoms. The molecule has 1 rings (SSSR count). The first-order valence-corrected chi connectivity index (χ1v) is 6.64. The number of aliphatic hydroxyl groups is 2. The summed E-state index contributed by atoms with van der Waals surface area (Å²) in [6.07, 6.45) is 0.575. The predicted octanol–water partition coefficient (Wildman–Crippen LogP) is 2.24. The molecule has 0 saturated heterocycles. The van der Waals surface area contributed by atoms with Gasteiger partial charge in [0.05, 0.1) is 12.7 Å². The molecule has 0 saturated carbocycles. The van der Waals surface area contributed by atoms with Crippen molar-refractivity contribution in [2.24, 2.45) is 5.92 Å². The molecule has 0 aliphatic heterocycles. The highest BCUT2D eigenvalue weighted by atomic mass is 16.3. The average Bonchev–Trinajstić information content (AvgIpc) is 2.35. The molecule has 0 aromatic heterocycles. The maximum atomic E-state index is 9.32. The lowest BCUT2D eigenvalue weighted by molar-refractivity contribution is 0.162. The zero-order valence-electron chi connectivity index (χ0n) is 11.6.